The fourth-order valence-corrected chi connectivity index (χ4v) is 4.92. The normalized spacial score (nSPS) is 17.6. The molecule has 0 unspecified atom stereocenters. The summed E-state index contributed by atoms with van der Waals surface area (Å²) in [5, 5.41) is 0. The Morgan fingerprint density at radius 3 is 2.40 bits per heavy atom. The van der Waals surface area contributed by atoms with Gasteiger partial charge in [-0.25, -0.2) is 0 Å². The Bertz CT molecular complexity index is 1060. The number of hydrogen-bond acceptors (Lipinski definition) is 2. The van der Waals surface area contributed by atoms with E-state index in [9.17, 15) is 0 Å². The predicted octanol–water partition coefficient (Wildman–Crippen LogP) is 5.40. The molecule has 2 aliphatic carbocycles. The van der Waals surface area contributed by atoms with Gasteiger partial charge in [-0.3, -0.25) is 9.97 Å². The number of hydrogen-bond donors (Lipinski definition) is 0. The van der Waals surface area contributed by atoms with Gasteiger partial charge in [-0.15, -0.1) is 0 Å². The van der Waals surface area contributed by atoms with E-state index in [0.29, 0.717) is 0 Å². The number of benzene rings is 1. The first-order valence-electron chi connectivity index (χ1n) is 8.95. The van der Waals surface area contributed by atoms with Crippen LogP contribution in [0.4, 0.5) is 0 Å². The van der Waals surface area contributed by atoms with Crippen molar-refractivity contribution < 1.29 is 0 Å². The van der Waals surface area contributed by atoms with Crippen LogP contribution in [0.5, 0.6) is 0 Å². The molecule has 0 fully saturated rings. The predicted molar refractivity (Wildman–Crippen MR) is 102 cm³/mol. The molecule has 2 heterocycles. The van der Waals surface area contributed by atoms with E-state index in [0.717, 1.165) is 11.4 Å². The molecule has 0 bridgehead atoms. The summed E-state index contributed by atoms with van der Waals surface area (Å²) in [7, 11) is 0. The van der Waals surface area contributed by atoms with Gasteiger partial charge in [-0.05, 0) is 52.4 Å². The Morgan fingerprint density at radius 1 is 0.800 bits per heavy atom. The van der Waals surface area contributed by atoms with Crippen LogP contribution in [-0.4, -0.2) is 9.97 Å². The number of pyridine rings is 2. The average molecular weight is 326 g/mol. The fraction of sp³-hybridized carbons (Fsp3) is 0.304. The lowest BCUT2D eigenvalue weighted by molar-refractivity contribution is 0.645. The van der Waals surface area contributed by atoms with E-state index in [1.165, 1.54) is 38.9 Å². The lowest BCUT2D eigenvalue weighted by Gasteiger charge is -2.25. The van der Waals surface area contributed by atoms with Crippen molar-refractivity contribution in [2.75, 3.05) is 0 Å². The molecular formula is C23H22N2. The van der Waals surface area contributed by atoms with E-state index < -0.39 is 0 Å². The molecule has 2 aliphatic rings. The quantitative estimate of drug-likeness (QED) is 0.553. The van der Waals surface area contributed by atoms with E-state index in [-0.39, 0.29) is 10.8 Å². The van der Waals surface area contributed by atoms with E-state index in [1.807, 2.05) is 6.20 Å². The van der Waals surface area contributed by atoms with Crippen LogP contribution in [0.1, 0.15) is 55.6 Å². The highest BCUT2D eigenvalue weighted by atomic mass is 14.7. The highest BCUT2D eigenvalue weighted by Gasteiger charge is 2.45. The Balaban J connectivity index is 1.94. The number of rotatable bonds is 0. The van der Waals surface area contributed by atoms with E-state index in [4.69, 9.17) is 4.98 Å². The van der Waals surface area contributed by atoms with E-state index >= 15 is 0 Å². The molecule has 3 aromatic rings. The van der Waals surface area contributed by atoms with Gasteiger partial charge in [0.1, 0.15) is 0 Å². The van der Waals surface area contributed by atoms with Gasteiger partial charge >= 0.3 is 0 Å². The second kappa shape index (κ2) is 4.37. The zero-order chi connectivity index (χ0) is 17.6. The third-order valence-corrected chi connectivity index (χ3v) is 6.22. The zero-order valence-corrected chi connectivity index (χ0v) is 15.4. The summed E-state index contributed by atoms with van der Waals surface area (Å²) in [5.41, 5.74) is 11.7. The van der Waals surface area contributed by atoms with Crippen LogP contribution in [0.3, 0.4) is 0 Å². The summed E-state index contributed by atoms with van der Waals surface area (Å²) >= 11 is 0. The highest BCUT2D eigenvalue weighted by molar-refractivity contribution is 5.92. The van der Waals surface area contributed by atoms with Crippen LogP contribution in [0.2, 0.25) is 0 Å². The molecule has 5 rings (SSSR count). The molecule has 0 saturated heterocycles. The lowest BCUT2D eigenvalue weighted by Crippen LogP contribution is -2.18. The van der Waals surface area contributed by atoms with Crippen molar-refractivity contribution in [1.82, 2.24) is 9.97 Å². The number of fused-ring (bicyclic) bond motifs is 7. The maximum absolute atomic E-state index is 4.72. The SMILES string of the molecule is Cc1cc2c(cn1)C(C)(C)c1ccc3c(c1-2)C(C)(C)c1cccnc1-3. The van der Waals surface area contributed by atoms with Gasteiger partial charge in [-0.2, -0.15) is 0 Å². The van der Waals surface area contributed by atoms with Crippen LogP contribution in [0.25, 0.3) is 22.4 Å². The first-order chi connectivity index (χ1) is 11.8. The number of nitrogens with zero attached hydrogens (tertiary/aromatic N) is 2. The second-order valence-corrected chi connectivity index (χ2v) is 8.43. The first kappa shape index (κ1) is 14.8. The fourth-order valence-electron chi connectivity index (χ4n) is 4.92. The molecular weight excluding hydrogens is 304 g/mol. The molecule has 1 aromatic carbocycles. The topological polar surface area (TPSA) is 25.8 Å². The number of aryl methyl sites for hydroxylation is 1. The molecule has 0 aliphatic heterocycles. The molecule has 0 amide bonds. The largest absolute Gasteiger partial charge is 0.261 e. The van der Waals surface area contributed by atoms with Gasteiger partial charge in [0, 0.05) is 34.5 Å². The zero-order valence-electron chi connectivity index (χ0n) is 15.4. The lowest BCUT2D eigenvalue weighted by atomic mass is 9.77. The summed E-state index contributed by atoms with van der Waals surface area (Å²) < 4.78 is 0. The van der Waals surface area contributed by atoms with Crippen LogP contribution in [0, 0.1) is 6.92 Å². The molecule has 2 aromatic heterocycles. The summed E-state index contributed by atoms with van der Waals surface area (Å²) in [5.74, 6) is 0. The smallest absolute Gasteiger partial charge is 0.0746 e. The third-order valence-electron chi connectivity index (χ3n) is 6.22. The Hall–Kier alpha value is -2.48. The Labute approximate surface area is 149 Å². The average Bonchev–Trinajstić information content (AvgIpc) is 2.95. The van der Waals surface area contributed by atoms with Crippen molar-refractivity contribution in [2.24, 2.45) is 0 Å². The van der Waals surface area contributed by atoms with Gasteiger partial charge in [0.15, 0.2) is 0 Å². The number of aromatic nitrogens is 2. The summed E-state index contributed by atoms with van der Waals surface area (Å²) in [6, 6.07) is 11.1. The minimum Gasteiger partial charge on any atom is -0.261 e. The van der Waals surface area contributed by atoms with Gasteiger partial charge in [-0.1, -0.05) is 45.9 Å². The van der Waals surface area contributed by atoms with Gasteiger partial charge in [0.05, 0.1) is 5.69 Å². The van der Waals surface area contributed by atoms with E-state index in [2.05, 4.69) is 76.1 Å². The molecule has 0 radical (unpaired) electrons. The Kier molecular flexibility index (Phi) is 2.59. The maximum Gasteiger partial charge on any atom is 0.0746 e. The van der Waals surface area contributed by atoms with Crippen molar-refractivity contribution in [3.05, 3.63) is 70.7 Å². The molecule has 2 nitrogen and oxygen atoms in total. The summed E-state index contributed by atoms with van der Waals surface area (Å²) in [6.07, 6.45) is 3.98. The van der Waals surface area contributed by atoms with Crippen molar-refractivity contribution in [2.45, 2.75) is 45.4 Å². The van der Waals surface area contributed by atoms with Gasteiger partial charge in [0.2, 0.25) is 0 Å². The summed E-state index contributed by atoms with van der Waals surface area (Å²) in [4.78, 5) is 9.31. The molecule has 2 heteroatoms. The van der Waals surface area contributed by atoms with Crippen molar-refractivity contribution in [3.8, 4) is 22.4 Å². The molecule has 0 spiro atoms. The highest BCUT2D eigenvalue weighted by Crippen LogP contribution is 2.58. The summed E-state index contributed by atoms with van der Waals surface area (Å²) in [6.45, 7) is 11.4. The molecule has 25 heavy (non-hydrogen) atoms. The monoisotopic (exact) mass is 326 g/mol. The van der Waals surface area contributed by atoms with Crippen molar-refractivity contribution in [3.63, 3.8) is 0 Å². The van der Waals surface area contributed by atoms with Gasteiger partial charge in [0.25, 0.3) is 0 Å². The van der Waals surface area contributed by atoms with Crippen LogP contribution >= 0.6 is 0 Å². The van der Waals surface area contributed by atoms with Crippen molar-refractivity contribution in [1.29, 1.82) is 0 Å². The van der Waals surface area contributed by atoms with Crippen LogP contribution in [-0.2, 0) is 10.8 Å². The molecule has 0 atom stereocenters. The third kappa shape index (κ3) is 1.65. The maximum atomic E-state index is 4.72. The van der Waals surface area contributed by atoms with Crippen LogP contribution < -0.4 is 0 Å². The molecule has 124 valence electrons. The minimum atomic E-state index is -0.0425. The van der Waals surface area contributed by atoms with Crippen LogP contribution in [0.15, 0.2) is 42.7 Å². The molecule has 0 N–H and O–H groups in total. The molecule has 0 saturated carbocycles. The van der Waals surface area contributed by atoms with Crippen molar-refractivity contribution >= 4 is 0 Å². The van der Waals surface area contributed by atoms with Gasteiger partial charge < -0.3 is 0 Å². The Morgan fingerprint density at radius 2 is 1.60 bits per heavy atom. The second-order valence-electron chi connectivity index (χ2n) is 8.43. The first-order valence-corrected chi connectivity index (χ1v) is 8.95. The van der Waals surface area contributed by atoms with E-state index in [1.54, 1.807) is 0 Å². The minimum absolute atomic E-state index is 0.0152. The standard InChI is InChI=1S/C23H22N2/c1-13-11-15-18(12-25-13)22(2,3)16-9-8-14-20(19(15)16)23(4,5)17-7-6-10-24-21(14)17/h6-12H,1-5H3.